The van der Waals surface area contributed by atoms with Gasteiger partial charge in [-0.25, -0.2) is 4.68 Å². The zero-order chi connectivity index (χ0) is 24.1. The Labute approximate surface area is 199 Å². The molecule has 0 radical (unpaired) electrons. The molecule has 3 aliphatic rings. The van der Waals surface area contributed by atoms with E-state index >= 15 is 0 Å². The lowest BCUT2D eigenvalue weighted by molar-refractivity contribution is -0.142. The Morgan fingerprint density at radius 2 is 1.94 bits per heavy atom. The Hall–Kier alpha value is -2.71. The number of nitrogens with zero attached hydrogens (tertiary/aromatic N) is 5. The number of likely N-dealkylation sites (tertiary alicyclic amines) is 1. The molecule has 1 amide bonds. The predicted octanol–water partition coefficient (Wildman–Crippen LogP) is 4.21. The number of amides is 1. The topological polar surface area (TPSA) is 114 Å². The van der Waals surface area contributed by atoms with Gasteiger partial charge in [-0.3, -0.25) is 9.59 Å². The van der Waals surface area contributed by atoms with Crippen LogP contribution in [-0.4, -0.2) is 54.6 Å². The highest BCUT2D eigenvalue weighted by Gasteiger charge is 2.50. The van der Waals surface area contributed by atoms with Crippen molar-refractivity contribution in [2.75, 3.05) is 6.54 Å². The second-order valence-electron chi connectivity index (χ2n) is 11.7. The summed E-state index contributed by atoms with van der Waals surface area (Å²) in [7, 11) is 0. The second-order valence-corrected chi connectivity index (χ2v) is 11.7. The van der Waals surface area contributed by atoms with Crippen molar-refractivity contribution in [1.82, 2.24) is 25.1 Å². The van der Waals surface area contributed by atoms with Gasteiger partial charge < -0.3 is 14.5 Å². The Bertz CT molecular complexity index is 1060. The molecule has 1 saturated heterocycles. The third-order valence-corrected chi connectivity index (χ3v) is 8.18. The molecule has 1 N–H and O–H groups in total. The van der Waals surface area contributed by atoms with Gasteiger partial charge in [0, 0.05) is 30.0 Å². The second kappa shape index (κ2) is 8.50. The first-order chi connectivity index (χ1) is 16.1. The molecule has 34 heavy (non-hydrogen) atoms. The van der Waals surface area contributed by atoms with E-state index in [1.165, 1.54) is 6.42 Å². The van der Waals surface area contributed by atoms with E-state index in [1.54, 1.807) is 0 Å². The first kappa shape index (κ1) is 23.1. The summed E-state index contributed by atoms with van der Waals surface area (Å²) in [5, 5.41) is 22.2. The number of hydrogen-bond acceptors (Lipinski definition) is 6. The number of hydrogen-bond donors (Lipinski definition) is 1. The third-order valence-electron chi connectivity index (χ3n) is 8.18. The summed E-state index contributed by atoms with van der Waals surface area (Å²) >= 11 is 0. The largest absolute Gasteiger partial charge is 0.481 e. The fourth-order valence-corrected chi connectivity index (χ4v) is 5.99. The van der Waals surface area contributed by atoms with Crippen LogP contribution in [0.1, 0.15) is 90.3 Å². The van der Waals surface area contributed by atoms with Crippen LogP contribution in [0.25, 0.3) is 11.5 Å². The van der Waals surface area contributed by atoms with E-state index in [1.807, 2.05) is 21.8 Å². The minimum atomic E-state index is -0.814. The van der Waals surface area contributed by atoms with Crippen LogP contribution in [0.3, 0.4) is 0 Å². The third kappa shape index (κ3) is 4.36. The highest BCUT2D eigenvalue weighted by molar-refractivity contribution is 5.80. The lowest BCUT2D eigenvalue weighted by atomic mass is 9.67. The summed E-state index contributed by atoms with van der Waals surface area (Å²) in [6.45, 7) is 7.00. The van der Waals surface area contributed by atoms with Gasteiger partial charge in [0.25, 0.3) is 0 Å². The van der Waals surface area contributed by atoms with Crippen LogP contribution in [0.4, 0.5) is 0 Å². The molecule has 2 aromatic heterocycles. The maximum atomic E-state index is 13.4. The molecular weight excluding hydrogens is 434 g/mol. The van der Waals surface area contributed by atoms with Crippen LogP contribution in [0, 0.1) is 11.3 Å². The average Bonchev–Trinajstić information content (AvgIpc) is 3.50. The smallest absolute Gasteiger partial charge is 0.305 e. The molecule has 3 heterocycles. The fraction of sp³-hybridized carbons (Fsp3) is 0.720. The molecule has 1 unspecified atom stereocenters. The summed E-state index contributed by atoms with van der Waals surface area (Å²) < 4.78 is 7.38. The maximum Gasteiger partial charge on any atom is 0.305 e. The number of aliphatic carboxylic acids is 1. The van der Waals surface area contributed by atoms with Crippen molar-refractivity contribution in [2.45, 2.75) is 96.1 Å². The van der Waals surface area contributed by atoms with Gasteiger partial charge in [0.15, 0.2) is 11.5 Å². The number of carboxylic acids is 1. The molecule has 2 saturated carbocycles. The number of carbonyl (C=O) groups excluding carboxylic acids is 1. The van der Waals surface area contributed by atoms with Gasteiger partial charge in [0.1, 0.15) is 0 Å². The van der Waals surface area contributed by atoms with E-state index in [0.717, 1.165) is 57.2 Å². The molecule has 1 aliphatic heterocycles. The van der Waals surface area contributed by atoms with Crippen LogP contribution in [0.15, 0.2) is 16.8 Å². The van der Waals surface area contributed by atoms with E-state index in [4.69, 9.17) is 4.52 Å². The fourth-order valence-electron chi connectivity index (χ4n) is 5.99. The van der Waals surface area contributed by atoms with Crippen LogP contribution in [0.2, 0.25) is 0 Å². The van der Waals surface area contributed by atoms with Gasteiger partial charge in [-0.15, -0.1) is 5.10 Å². The van der Waals surface area contributed by atoms with Gasteiger partial charge in [0.2, 0.25) is 5.91 Å². The Kier molecular flexibility index (Phi) is 5.76. The average molecular weight is 470 g/mol. The summed E-state index contributed by atoms with van der Waals surface area (Å²) in [5.41, 5.74) is 1.63. The van der Waals surface area contributed by atoms with Crippen LogP contribution in [-0.2, 0) is 15.0 Å². The standard InChI is InChI=1S/C25H35N5O4/c1-24(2,3)21-12-20(34-27-21)19-14-30(28-26-19)17-7-5-16(6-8-17)23(33)29-15-25(9-4-10-25)13-18(29)11-22(31)32/h12,14,16-18H,4-11,13,15H2,1-3H3,(H,31,32). The molecule has 0 aromatic carbocycles. The lowest BCUT2D eigenvalue weighted by Gasteiger charge is -2.38. The van der Waals surface area contributed by atoms with Gasteiger partial charge in [0.05, 0.1) is 24.4 Å². The molecule has 3 fully saturated rings. The summed E-state index contributed by atoms with van der Waals surface area (Å²) in [4.78, 5) is 26.7. The summed E-state index contributed by atoms with van der Waals surface area (Å²) in [5.74, 6) is -0.0757. The molecule has 2 aromatic rings. The monoisotopic (exact) mass is 469 g/mol. The first-order valence-electron chi connectivity index (χ1n) is 12.6. The normalized spacial score (nSPS) is 26.6. The molecule has 1 spiro atoms. The van der Waals surface area contributed by atoms with Gasteiger partial charge in [-0.05, 0) is 50.4 Å². The van der Waals surface area contributed by atoms with Crippen molar-refractivity contribution in [3.8, 4) is 11.5 Å². The zero-order valence-corrected chi connectivity index (χ0v) is 20.4. The molecule has 9 heteroatoms. The molecule has 2 aliphatic carbocycles. The van der Waals surface area contributed by atoms with Gasteiger partial charge in [-0.1, -0.05) is 37.6 Å². The minimum absolute atomic E-state index is 0.0330. The number of aromatic nitrogens is 4. The summed E-state index contributed by atoms with van der Waals surface area (Å²) in [6, 6.07) is 1.96. The zero-order valence-electron chi connectivity index (χ0n) is 20.4. The molecule has 9 nitrogen and oxygen atoms in total. The Morgan fingerprint density at radius 1 is 1.21 bits per heavy atom. The number of carbonyl (C=O) groups is 2. The van der Waals surface area contributed by atoms with Gasteiger partial charge in [-0.2, -0.15) is 0 Å². The van der Waals surface area contributed by atoms with Crippen molar-refractivity contribution in [3.05, 3.63) is 18.0 Å². The van der Waals surface area contributed by atoms with Crippen LogP contribution < -0.4 is 0 Å². The lowest BCUT2D eigenvalue weighted by Crippen LogP contribution is -2.43. The van der Waals surface area contributed by atoms with Crippen molar-refractivity contribution in [3.63, 3.8) is 0 Å². The van der Waals surface area contributed by atoms with Gasteiger partial charge >= 0.3 is 5.97 Å². The summed E-state index contributed by atoms with van der Waals surface area (Å²) in [6.07, 6.45) is 9.53. The Balaban J connectivity index is 1.21. The molecule has 5 rings (SSSR count). The number of rotatable bonds is 5. The van der Waals surface area contributed by atoms with E-state index in [2.05, 4.69) is 36.2 Å². The number of carboxylic acid groups (broad SMARTS) is 1. The highest BCUT2D eigenvalue weighted by atomic mass is 16.5. The predicted molar refractivity (Wildman–Crippen MR) is 124 cm³/mol. The van der Waals surface area contributed by atoms with E-state index in [9.17, 15) is 14.7 Å². The van der Waals surface area contributed by atoms with Crippen molar-refractivity contribution in [2.24, 2.45) is 11.3 Å². The van der Waals surface area contributed by atoms with Crippen molar-refractivity contribution >= 4 is 11.9 Å². The SMILES string of the molecule is CC(C)(C)c1cc(-c2cn(C3CCC(C(=O)N4CC5(CCC5)CC4CC(=O)O)CC3)nn2)on1. The van der Waals surface area contributed by atoms with Crippen molar-refractivity contribution in [1.29, 1.82) is 0 Å². The van der Waals surface area contributed by atoms with E-state index in [0.29, 0.717) is 11.5 Å². The maximum absolute atomic E-state index is 13.4. The van der Waals surface area contributed by atoms with Crippen molar-refractivity contribution < 1.29 is 19.2 Å². The quantitative estimate of drug-likeness (QED) is 0.698. The first-order valence-corrected chi connectivity index (χ1v) is 12.6. The Morgan fingerprint density at radius 3 is 2.53 bits per heavy atom. The molecular formula is C25H35N5O4. The molecule has 0 bridgehead atoms. The minimum Gasteiger partial charge on any atom is -0.481 e. The van der Waals surface area contributed by atoms with E-state index < -0.39 is 5.97 Å². The van der Waals surface area contributed by atoms with Crippen LogP contribution >= 0.6 is 0 Å². The molecule has 184 valence electrons. The van der Waals surface area contributed by atoms with Crippen LogP contribution in [0.5, 0.6) is 0 Å². The molecule has 1 atom stereocenters. The highest BCUT2D eigenvalue weighted by Crippen LogP contribution is 2.51. The van der Waals surface area contributed by atoms with E-state index in [-0.39, 0.29) is 41.2 Å².